The fourth-order valence-corrected chi connectivity index (χ4v) is 2.33. The van der Waals surface area contributed by atoms with E-state index < -0.39 is 0 Å². The number of aromatic hydroxyl groups is 1. The number of rotatable bonds is 4. The second kappa shape index (κ2) is 5.55. The van der Waals surface area contributed by atoms with Gasteiger partial charge in [0.05, 0.1) is 0 Å². The highest BCUT2D eigenvalue weighted by molar-refractivity contribution is 6.31. The van der Waals surface area contributed by atoms with Crippen LogP contribution in [0.5, 0.6) is 5.75 Å². The number of phenols is 1. The third-order valence-corrected chi connectivity index (χ3v) is 3.35. The minimum absolute atomic E-state index is 0.220. The fraction of sp³-hybridized carbons (Fsp3) is 0.538. The third kappa shape index (κ3) is 2.69. The molecule has 1 unspecified atom stereocenters. The van der Waals surface area contributed by atoms with E-state index in [1.54, 1.807) is 0 Å². The van der Waals surface area contributed by atoms with E-state index in [1.807, 2.05) is 19.1 Å². The highest BCUT2D eigenvalue weighted by Gasteiger charge is 2.22. The van der Waals surface area contributed by atoms with Crippen molar-refractivity contribution in [2.24, 2.45) is 11.7 Å². The smallest absolute Gasteiger partial charge is 0.123 e. The molecule has 0 aliphatic rings. The summed E-state index contributed by atoms with van der Waals surface area (Å²) in [5.41, 5.74) is 7.33. The quantitative estimate of drug-likeness (QED) is 0.848. The van der Waals surface area contributed by atoms with Crippen LogP contribution in [0.1, 0.15) is 37.3 Å². The summed E-state index contributed by atoms with van der Waals surface area (Å²) in [5, 5.41) is 10.7. The van der Waals surface area contributed by atoms with Crippen molar-refractivity contribution in [1.82, 2.24) is 0 Å². The van der Waals surface area contributed by atoms with Gasteiger partial charge in [0, 0.05) is 10.6 Å². The Bertz CT molecular complexity index is 363. The van der Waals surface area contributed by atoms with Crippen LogP contribution in [0.25, 0.3) is 0 Å². The van der Waals surface area contributed by atoms with Crippen molar-refractivity contribution >= 4 is 11.6 Å². The van der Waals surface area contributed by atoms with Crippen LogP contribution in [-0.4, -0.2) is 11.7 Å². The van der Waals surface area contributed by atoms with Gasteiger partial charge in [0.2, 0.25) is 0 Å². The monoisotopic (exact) mass is 241 g/mol. The Morgan fingerprint density at radius 3 is 2.50 bits per heavy atom. The normalized spacial score (nSPS) is 13.1. The maximum Gasteiger partial charge on any atom is 0.123 e. The molecule has 0 aliphatic heterocycles. The van der Waals surface area contributed by atoms with Gasteiger partial charge in [-0.3, -0.25) is 0 Å². The molecule has 16 heavy (non-hydrogen) atoms. The topological polar surface area (TPSA) is 46.2 Å². The minimum atomic E-state index is 0.220. The number of hydrogen-bond acceptors (Lipinski definition) is 2. The molecular weight excluding hydrogens is 222 g/mol. The van der Waals surface area contributed by atoms with Gasteiger partial charge < -0.3 is 10.8 Å². The van der Waals surface area contributed by atoms with Crippen LogP contribution in [-0.2, 0) is 0 Å². The lowest BCUT2D eigenvalue weighted by Crippen LogP contribution is -2.13. The first-order valence-electron chi connectivity index (χ1n) is 5.67. The first kappa shape index (κ1) is 13.3. The second-order valence-corrected chi connectivity index (χ2v) is 4.96. The van der Waals surface area contributed by atoms with E-state index in [1.165, 1.54) is 0 Å². The maximum atomic E-state index is 10.1. The first-order valence-corrected chi connectivity index (χ1v) is 6.04. The lowest BCUT2D eigenvalue weighted by molar-refractivity contribution is 0.422. The maximum absolute atomic E-state index is 10.1. The predicted molar refractivity (Wildman–Crippen MR) is 69.1 cm³/mol. The number of phenolic OH excluding ortho intramolecular Hbond substituents is 1. The molecule has 1 aromatic rings. The zero-order valence-corrected chi connectivity index (χ0v) is 10.9. The lowest BCUT2D eigenvalue weighted by atomic mass is 9.84. The molecule has 1 rings (SSSR count). The van der Waals surface area contributed by atoms with Crippen molar-refractivity contribution in [3.05, 3.63) is 28.3 Å². The number of aryl methyl sites for hydroxylation is 1. The summed E-state index contributed by atoms with van der Waals surface area (Å²) in [5.74, 6) is 0.950. The van der Waals surface area contributed by atoms with Crippen LogP contribution >= 0.6 is 11.6 Å². The van der Waals surface area contributed by atoms with Gasteiger partial charge in [0.1, 0.15) is 5.75 Å². The van der Waals surface area contributed by atoms with Crippen LogP contribution in [0.3, 0.4) is 0 Å². The Balaban J connectivity index is 3.22. The molecule has 2 nitrogen and oxygen atoms in total. The average Bonchev–Trinajstić information content (AvgIpc) is 2.22. The molecule has 0 fully saturated rings. The van der Waals surface area contributed by atoms with E-state index in [0.29, 0.717) is 23.2 Å². The van der Waals surface area contributed by atoms with E-state index in [-0.39, 0.29) is 5.92 Å². The molecule has 0 amide bonds. The Hall–Kier alpha value is -0.730. The largest absolute Gasteiger partial charge is 0.507 e. The van der Waals surface area contributed by atoms with Gasteiger partial charge in [-0.25, -0.2) is 0 Å². The molecule has 0 heterocycles. The van der Waals surface area contributed by atoms with Gasteiger partial charge in [-0.15, -0.1) is 0 Å². The fourth-order valence-electron chi connectivity index (χ4n) is 2.04. The lowest BCUT2D eigenvalue weighted by Gasteiger charge is -2.23. The van der Waals surface area contributed by atoms with Crippen molar-refractivity contribution in [2.75, 3.05) is 6.54 Å². The van der Waals surface area contributed by atoms with Gasteiger partial charge in [0.15, 0.2) is 0 Å². The van der Waals surface area contributed by atoms with Crippen LogP contribution in [0, 0.1) is 12.8 Å². The standard InChI is InChI=1S/C13H20ClNO/c1-8(2)10(6-7-15)12-11(14)5-4-9(3)13(12)16/h4-5,8,10,16H,6-7,15H2,1-3H3. The summed E-state index contributed by atoms with van der Waals surface area (Å²) in [6, 6.07) is 3.68. The highest BCUT2D eigenvalue weighted by atomic mass is 35.5. The van der Waals surface area contributed by atoms with Crippen molar-refractivity contribution in [3.63, 3.8) is 0 Å². The first-order chi connectivity index (χ1) is 7.49. The molecule has 3 N–H and O–H groups in total. The Morgan fingerprint density at radius 1 is 1.38 bits per heavy atom. The summed E-state index contributed by atoms with van der Waals surface area (Å²) < 4.78 is 0. The second-order valence-electron chi connectivity index (χ2n) is 4.55. The predicted octanol–water partition coefficient (Wildman–Crippen LogP) is 3.44. The molecule has 0 saturated carbocycles. The third-order valence-electron chi connectivity index (χ3n) is 3.02. The number of halogens is 1. The zero-order chi connectivity index (χ0) is 12.3. The van der Waals surface area contributed by atoms with E-state index in [2.05, 4.69) is 13.8 Å². The van der Waals surface area contributed by atoms with Crippen molar-refractivity contribution in [1.29, 1.82) is 0 Å². The van der Waals surface area contributed by atoms with Gasteiger partial charge in [-0.1, -0.05) is 31.5 Å². The molecule has 0 saturated heterocycles. The number of nitrogens with two attached hydrogens (primary N) is 1. The summed E-state index contributed by atoms with van der Waals surface area (Å²) in [4.78, 5) is 0. The molecule has 0 aliphatic carbocycles. The summed E-state index contributed by atoms with van der Waals surface area (Å²) in [6.07, 6.45) is 0.842. The highest BCUT2D eigenvalue weighted by Crippen LogP contribution is 2.40. The molecule has 90 valence electrons. The molecule has 0 spiro atoms. The van der Waals surface area contributed by atoms with E-state index in [0.717, 1.165) is 17.5 Å². The van der Waals surface area contributed by atoms with E-state index >= 15 is 0 Å². The average molecular weight is 242 g/mol. The SMILES string of the molecule is Cc1ccc(Cl)c(C(CCN)C(C)C)c1O. The number of hydrogen-bond donors (Lipinski definition) is 2. The van der Waals surface area contributed by atoms with Crippen molar-refractivity contribution in [2.45, 2.75) is 33.1 Å². The summed E-state index contributed by atoms with van der Waals surface area (Å²) in [6.45, 7) is 6.73. The van der Waals surface area contributed by atoms with Crippen LogP contribution < -0.4 is 5.73 Å². The molecule has 0 bridgehead atoms. The van der Waals surface area contributed by atoms with Gasteiger partial charge >= 0.3 is 0 Å². The Morgan fingerprint density at radius 2 is 2.00 bits per heavy atom. The zero-order valence-electron chi connectivity index (χ0n) is 10.1. The molecule has 0 aromatic heterocycles. The van der Waals surface area contributed by atoms with Gasteiger partial charge in [0.25, 0.3) is 0 Å². The van der Waals surface area contributed by atoms with Crippen molar-refractivity contribution in [3.8, 4) is 5.75 Å². The van der Waals surface area contributed by atoms with Gasteiger partial charge in [-0.05, 0) is 43.4 Å². The Kier molecular flexibility index (Phi) is 4.63. The van der Waals surface area contributed by atoms with E-state index in [4.69, 9.17) is 17.3 Å². The van der Waals surface area contributed by atoms with E-state index in [9.17, 15) is 5.11 Å². The summed E-state index contributed by atoms with van der Waals surface area (Å²) >= 11 is 6.18. The molecule has 3 heteroatoms. The van der Waals surface area contributed by atoms with Gasteiger partial charge in [-0.2, -0.15) is 0 Å². The van der Waals surface area contributed by atoms with Crippen LogP contribution in [0.4, 0.5) is 0 Å². The summed E-state index contributed by atoms with van der Waals surface area (Å²) in [7, 11) is 0. The van der Waals surface area contributed by atoms with Crippen molar-refractivity contribution < 1.29 is 5.11 Å². The van der Waals surface area contributed by atoms with Crippen LogP contribution in [0.2, 0.25) is 5.02 Å². The molecule has 1 atom stereocenters. The Labute approximate surface area is 102 Å². The van der Waals surface area contributed by atoms with Crippen LogP contribution in [0.15, 0.2) is 12.1 Å². The minimum Gasteiger partial charge on any atom is -0.507 e. The number of benzene rings is 1. The molecular formula is C13H20ClNO. The molecule has 1 aromatic carbocycles. The molecule has 0 radical (unpaired) electrons.